The Hall–Kier alpha value is -3.19. The molecular weight excluding hydrogens is 378 g/mol. The quantitative estimate of drug-likeness (QED) is 0.353. The Bertz CT molecular complexity index is 925. The molecule has 7 nitrogen and oxygen atoms in total. The smallest absolute Gasteiger partial charge is 0.242 e. The minimum atomic E-state index is -0.631. The van der Waals surface area contributed by atoms with Crippen LogP contribution in [0.4, 0.5) is 0 Å². The summed E-state index contributed by atoms with van der Waals surface area (Å²) in [6, 6.07) is 14.5. The van der Waals surface area contributed by atoms with E-state index in [1.807, 2.05) is 18.2 Å². The van der Waals surface area contributed by atoms with Crippen LogP contribution in [-0.2, 0) is 16.1 Å². The van der Waals surface area contributed by atoms with E-state index in [4.69, 9.17) is 11.1 Å². The molecule has 6 N–H and O–H groups in total. The number of carbonyl (C=O) groups excluding carboxylic acids is 2. The van der Waals surface area contributed by atoms with E-state index >= 15 is 0 Å². The van der Waals surface area contributed by atoms with Gasteiger partial charge < -0.3 is 21.7 Å². The molecule has 1 saturated heterocycles. The topological polar surface area (TPSA) is 120 Å². The first-order valence-electron chi connectivity index (χ1n) is 10.1. The molecule has 2 aromatic carbocycles. The fraction of sp³-hybridized carbons (Fsp3) is 0.348. The van der Waals surface area contributed by atoms with E-state index in [-0.39, 0.29) is 23.7 Å². The molecule has 3 atom stereocenters. The third kappa shape index (κ3) is 5.45. The van der Waals surface area contributed by atoms with Gasteiger partial charge in [-0.05, 0) is 37.3 Å². The molecule has 30 heavy (non-hydrogen) atoms. The fourth-order valence-electron chi connectivity index (χ4n) is 3.64. The number of rotatable bonds is 7. The lowest BCUT2D eigenvalue weighted by atomic mass is 9.95. The molecule has 0 aliphatic carbocycles. The molecule has 0 bridgehead atoms. The summed E-state index contributed by atoms with van der Waals surface area (Å²) in [5.41, 5.74) is 9.42. The molecule has 3 rings (SSSR count). The van der Waals surface area contributed by atoms with Crippen LogP contribution in [0.3, 0.4) is 0 Å². The number of amidine groups is 1. The van der Waals surface area contributed by atoms with Gasteiger partial charge >= 0.3 is 0 Å². The zero-order valence-corrected chi connectivity index (χ0v) is 17.4. The zero-order chi connectivity index (χ0) is 21.7. The summed E-state index contributed by atoms with van der Waals surface area (Å²) >= 11 is 0. The van der Waals surface area contributed by atoms with Crippen LogP contribution in [-0.4, -0.2) is 36.3 Å². The van der Waals surface area contributed by atoms with Gasteiger partial charge in [0.1, 0.15) is 11.9 Å². The molecule has 0 radical (unpaired) electrons. The van der Waals surface area contributed by atoms with Crippen LogP contribution < -0.4 is 21.7 Å². The molecule has 158 valence electrons. The molecular formula is C23H29N5O2. The molecule has 2 aromatic rings. The summed E-state index contributed by atoms with van der Waals surface area (Å²) in [6.07, 6.45) is 0.714. The number of nitrogens with two attached hydrogens (primary N) is 1. The van der Waals surface area contributed by atoms with Crippen LogP contribution in [0, 0.1) is 12.3 Å². The Morgan fingerprint density at radius 1 is 1.23 bits per heavy atom. The molecule has 7 heteroatoms. The molecule has 1 aliphatic rings. The lowest BCUT2D eigenvalue weighted by Gasteiger charge is -2.17. The van der Waals surface area contributed by atoms with Gasteiger partial charge in [-0.2, -0.15) is 0 Å². The van der Waals surface area contributed by atoms with E-state index < -0.39 is 6.04 Å². The van der Waals surface area contributed by atoms with Gasteiger partial charge in [0, 0.05) is 18.7 Å². The molecule has 0 spiro atoms. The number of hydrogen-bond donors (Lipinski definition) is 5. The minimum absolute atomic E-state index is 0.00656. The molecule has 0 aromatic heterocycles. The van der Waals surface area contributed by atoms with E-state index in [9.17, 15) is 9.59 Å². The number of nitrogens with one attached hydrogen (secondary N) is 4. The van der Waals surface area contributed by atoms with Crippen LogP contribution in [0.15, 0.2) is 48.5 Å². The highest BCUT2D eigenvalue weighted by Crippen LogP contribution is 2.26. The van der Waals surface area contributed by atoms with Crippen LogP contribution in [0.1, 0.15) is 41.5 Å². The first-order valence-corrected chi connectivity index (χ1v) is 10.1. The number of hydrogen-bond acceptors (Lipinski definition) is 4. The summed E-state index contributed by atoms with van der Waals surface area (Å²) < 4.78 is 0. The van der Waals surface area contributed by atoms with Crippen molar-refractivity contribution in [1.82, 2.24) is 16.0 Å². The van der Waals surface area contributed by atoms with Gasteiger partial charge in [-0.1, -0.05) is 54.1 Å². The van der Waals surface area contributed by atoms with Crippen LogP contribution in [0.25, 0.3) is 0 Å². The third-order valence-electron chi connectivity index (χ3n) is 5.44. The van der Waals surface area contributed by atoms with Gasteiger partial charge in [0.05, 0.1) is 6.04 Å². The van der Waals surface area contributed by atoms with Crippen molar-refractivity contribution in [3.05, 3.63) is 70.8 Å². The van der Waals surface area contributed by atoms with Crippen molar-refractivity contribution in [2.75, 3.05) is 6.54 Å². The second-order valence-corrected chi connectivity index (χ2v) is 7.87. The van der Waals surface area contributed by atoms with Crippen LogP contribution in [0.5, 0.6) is 0 Å². The summed E-state index contributed by atoms with van der Waals surface area (Å²) in [5, 5.41) is 16.3. The highest BCUT2D eigenvalue weighted by atomic mass is 16.2. The average Bonchev–Trinajstić information content (AvgIpc) is 3.22. The van der Waals surface area contributed by atoms with Gasteiger partial charge in [-0.15, -0.1) is 0 Å². The number of nitrogen functional groups attached to an aromatic ring is 1. The summed E-state index contributed by atoms with van der Waals surface area (Å²) in [5.74, 6) is -0.0966. The molecule has 2 amide bonds. The maximum atomic E-state index is 12.6. The van der Waals surface area contributed by atoms with Crippen molar-refractivity contribution in [2.24, 2.45) is 5.73 Å². The highest BCUT2D eigenvalue weighted by Gasteiger charge is 2.31. The van der Waals surface area contributed by atoms with Crippen molar-refractivity contribution in [3.63, 3.8) is 0 Å². The van der Waals surface area contributed by atoms with Crippen LogP contribution in [0.2, 0.25) is 0 Å². The fourth-order valence-corrected chi connectivity index (χ4v) is 3.64. The monoisotopic (exact) mass is 407 g/mol. The van der Waals surface area contributed by atoms with Gasteiger partial charge in [0.2, 0.25) is 11.8 Å². The molecule has 1 heterocycles. The minimum Gasteiger partial charge on any atom is -0.384 e. The van der Waals surface area contributed by atoms with Crippen molar-refractivity contribution in [1.29, 1.82) is 5.41 Å². The Balaban J connectivity index is 1.46. The molecule has 1 fully saturated rings. The van der Waals surface area contributed by atoms with E-state index in [1.54, 1.807) is 19.1 Å². The van der Waals surface area contributed by atoms with E-state index in [0.29, 0.717) is 24.4 Å². The van der Waals surface area contributed by atoms with E-state index in [0.717, 1.165) is 12.1 Å². The SMILES string of the molecule is Cc1cccc([C@H]2CN[C@@H](C(=O)N[C@@H](C)C(=O)NCc3ccc(C(=N)N)cc3)C2)c1. The number of carbonyl (C=O) groups is 2. The first-order chi connectivity index (χ1) is 14.3. The predicted octanol–water partition coefficient (Wildman–Crippen LogP) is 1.55. The van der Waals surface area contributed by atoms with Gasteiger partial charge in [-0.25, -0.2) is 0 Å². The maximum Gasteiger partial charge on any atom is 0.242 e. The zero-order valence-electron chi connectivity index (χ0n) is 17.4. The van der Waals surface area contributed by atoms with Crippen molar-refractivity contribution in [3.8, 4) is 0 Å². The summed E-state index contributed by atoms with van der Waals surface area (Å²) in [6.45, 7) is 4.83. The predicted molar refractivity (Wildman–Crippen MR) is 117 cm³/mol. The van der Waals surface area contributed by atoms with E-state index in [2.05, 4.69) is 41.1 Å². The average molecular weight is 408 g/mol. The Labute approximate surface area is 176 Å². The molecule has 0 saturated carbocycles. The van der Waals surface area contributed by atoms with Crippen LogP contribution >= 0.6 is 0 Å². The molecule has 0 unspecified atom stereocenters. The van der Waals surface area contributed by atoms with Gasteiger partial charge in [-0.3, -0.25) is 15.0 Å². The number of benzene rings is 2. The maximum absolute atomic E-state index is 12.6. The summed E-state index contributed by atoms with van der Waals surface area (Å²) in [7, 11) is 0. The van der Waals surface area contributed by atoms with Crippen molar-refractivity contribution < 1.29 is 9.59 Å². The number of aryl methyl sites for hydroxylation is 1. The normalized spacial score (nSPS) is 19.1. The Morgan fingerprint density at radius 3 is 2.63 bits per heavy atom. The first kappa shape index (κ1) is 21.5. The second kappa shape index (κ2) is 9.54. The van der Waals surface area contributed by atoms with E-state index in [1.165, 1.54) is 11.1 Å². The van der Waals surface area contributed by atoms with Crippen molar-refractivity contribution in [2.45, 2.75) is 44.8 Å². The largest absolute Gasteiger partial charge is 0.384 e. The lowest BCUT2D eigenvalue weighted by Crippen LogP contribution is -2.49. The number of amides is 2. The standard InChI is InChI=1S/C23H29N5O2/c1-14-4-3-5-18(10-14)19-11-20(26-13-19)23(30)28-15(2)22(29)27-12-16-6-8-17(9-7-16)21(24)25/h3-10,15,19-20,26H,11-13H2,1-2H3,(H3,24,25)(H,27,29)(H,28,30)/t15-,19+,20+/m0/s1. The van der Waals surface area contributed by atoms with Gasteiger partial charge in [0.25, 0.3) is 0 Å². The Kier molecular flexibility index (Phi) is 6.84. The summed E-state index contributed by atoms with van der Waals surface area (Å²) in [4.78, 5) is 25.0. The second-order valence-electron chi connectivity index (χ2n) is 7.87. The Morgan fingerprint density at radius 2 is 1.97 bits per heavy atom. The van der Waals surface area contributed by atoms with Gasteiger partial charge in [0.15, 0.2) is 0 Å². The third-order valence-corrected chi connectivity index (χ3v) is 5.44. The lowest BCUT2D eigenvalue weighted by molar-refractivity contribution is -0.129. The molecule has 1 aliphatic heterocycles. The van der Waals surface area contributed by atoms with Crippen molar-refractivity contribution >= 4 is 17.6 Å². The highest BCUT2D eigenvalue weighted by molar-refractivity contribution is 5.95.